The normalized spacial score (nSPS) is 28.4. The Kier molecular flexibility index (Phi) is 2.48. The van der Waals surface area contributed by atoms with Gasteiger partial charge in [-0.05, 0) is 25.7 Å². The fourth-order valence-corrected chi connectivity index (χ4v) is 2.67. The van der Waals surface area contributed by atoms with Gasteiger partial charge in [0.25, 0.3) is 0 Å². The highest BCUT2D eigenvalue weighted by Gasteiger charge is 2.52. The summed E-state index contributed by atoms with van der Waals surface area (Å²) in [7, 11) is 0. The lowest BCUT2D eigenvalue weighted by atomic mass is 9.67. The quantitative estimate of drug-likeness (QED) is 0.703. The van der Waals surface area contributed by atoms with Gasteiger partial charge < -0.3 is 10.2 Å². The van der Waals surface area contributed by atoms with Crippen molar-refractivity contribution in [3.8, 4) is 0 Å². The van der Waals surface area contributed by atoms with Gasteiger partial charge in [-0.2, -0.15) is 0 Å². The van der Waals surface area contributed by atoms with Gasteiger partial charge in [0.2, 0.25) is 5.91 Å². The molecule has 3 nitrogen and oxygen atoms in total. The zero-order valence-corrected chi connectivity index (χ0v) is 9.11. The summed E-state index contributed by atoms with van der Waals surface area (Å²) in [6.45, 7) is 2.84. The Morgan fingerprint density at radius 1 is 1.29 bits per heavy atom. The maximum atomic E-state index is 11.9. The highest BCUT2D eigenvalue weighted by atomic mass is 35.5. The first kappa shape index (κ1) is 10.2. The number of carbonyl (C=O) groups is 1. The molecule has 3 rings (SSSR count). The topological polar surface area (TPSA) is 32.3 Å². The second-order valence-electron chi connectivity index (χ2n) is 4.67. The molecular formula is C10H17ClN2O. The molecule has 0 radical (unpaired) electrons. The number of rotatable bonds is 1. The number of nitrogens with zero attached hydrogens (tertiary/aromatic N) is 1. The van der Waals surface area contributed by atoms with Crippen LogP contribution in [0.4, 0.5) is 0 Å². The van der Waals surface area contributed by atoms with Crippen LogP contribution in [-0.4, -0.2) is 36.0 Å². The number of carbonyl (C=O) groups excluding carboxylic acids is 1. The van der Waals surface area contributed by atoms with Gasteiger partial charge in [-0.15, -0.1) is 12.4 Å². The molecule has 2 heterocycles. The van der Waals surface area contributed by atoms with Crippen molar-refractivity contribution >= 4 is 18.3 Å². The van der Waals surface area contributed by atoms with E-state index in [1.54, 1.807) is 0 Å². The summed E-state index contributed by atoms with van der Waals surface area (Å²) in [5.74, 6) is 0.725. The smallest absolute Gasteiger partial charge is 0.228 e. The Morgan fingerprint density at radius 3 is 2.29 bits per heavy atom. The van der Waals surface area contributed by atoms with Crippen LogP contribution in [0.15, 0.2) is 0 Å². The number of nitrogens with one attached hydrogen (secondary N) is 1. The van der Waals surface area contributed by atoms with E-state index >= 15 is 0 Å². The molecule has 0 unspecified atom stereocenters. The molecule has 0 aromatic carbocycles. The summed E-state index contributed by atoms with van der Waals surface area (Å²) in [5, 5.41) is 3.16. The van der Waals surface area contributed by atoms with Gasteiger partial charge in [-0.3, -0.25) is 4.79 Å². The molecule has 1 amide bonds. The van der Waals surface area contributed by atoms with Gasteiger partial charge >= 0.3 is 0 Å². The van der Waals surface area contributed by atoms with Crippen molar-refractivity contribution in [1.29, 1.82) is 0 Å². The Bertz CT molecular complexity index is 243. The largest absolute Gasteiger partial charge is 0.337 e. The predicted molar refractivity (Wildman–Crippen MR) is 56.5 cm³/mol. The molecule has 1 saturated carbocycles. The standard InChI is InChI=1S/C10H16N2O.ClH/c13-9(8-6-11-7-8)12-5-4-10(12)2-1-3-10;/h8,11H,1-7H2;1H. The molecule has 3 fully saturated rings. The molecule has 0 bridgehead atoms. The molecule has 2 saturated heterocycles. The fraction of sp³-hybridized carbons (Fsp3) is 0.900. The maximum Gasteiger partial charge on any atom is 0.228 e. The molecule has 0 aromatic heterocycles. The molecule has 14 heavy (non-hydrogen) atoms. The minimum atomic E-state index is 0. The van der Waals surface area contributed by atoms with Gasteiger partial charge in [0, 0.05) is 25.2 Å². The van der Waals surface area contributed by atoms with Crippen molar-refractivity contribution in [2.45, 2.75) is 31.2 Å². The van der Waals surface area contributed by atoms with Gasteiger partial charge in [0.15, 0.2) is 0 Å². The van der Waals surface area contributed by atoms with E-state index in [2.05, 4.69) is 10.2 Å². The summed E-state index contributed by atoms with van der Waals surface area (Å²) >= 11 is 0. The van der Waals surface area contributed by atoms with Crippen LogP contribution < -0.4 is 5.32 Å². The van der Waals surface area contributed by atoms with Gasteiger partial charge in [0.05, 0.1) is 5.92 Å². The molecule has 2 aliphatic heterocycles. The van der Waals surface area contributed by atoms with E-state index in [-0.39, 0.29) is 12.4 Å². The van der Waals surface area contributed by atoms with Gasteiger partial charge in [-0.25, -0.2) is 0 Å². The molecule has 4 heteroatoms. The zero-order chi connectivity index (χ0) is 8.89. The first-order valence-corrected chi connectivity index (χ1v) is 5.34. The molecule has 1 N–H and O–H groups in total. The van der Waals surface area contributed by atoms with Crippen LogP contribution >= 0.6 is 12.4 Å². The van der Waals surface area contributed by atoms with Crippen molar-refractivity contribution in [2.24, 2.45) is 5.92 Å². The SMILES string of the molecule is Cl.O=C(C1CNC1)N1CCC12CCC2. The summed E-state index contributed by atoms with van der Waals surface area (Å²) in [6, 6.07) is 0. The van der Waals surface area contributed by atoms with Gasteiger partial charge in [0.1, 0.15) is 0 Å². The van der Waals surface area contributed by atoms with E-state index in [0.717, 1.165) is 19.6 Å². The third-order valence-electron chi connectivity index (χ3n) is 4.05. The van der Waals surface area contributed by atoms with Crippen LogP contribution in [0.3, 0.4) is 0 Å². The summed E-state index contributed by atoms with van der Waals surface area (Å²) in [5.41, 5.74) is 0.354. The molecule has 1 spiro atoms. The van der Waals surface area contributed by atoms with Crippen molar-refractivity contribution in [2.75, 3.05) is 19.6 Å². The van der Waals surface area contributed by atoms with Crippen molar-refractivity contribution in [1.82, 2.24) is 10.2 Å². The van der Waals surface area contributed by atoms with Gasteiger partial charge in [-0.1, -0.05) is 0 Å². The minimum Gasteiger partial charge on any atom is -0.337 e. The first-order chi connectivity index (χ1) is 6.32. The fourth-order valence-electron chi connectivity index (χ4n) is 2.67. The van der Waals surface area contributed by atoms with Crippen molar-refractivity contribution in [3.05, 3.63) is 0 Å². The highest BCUT2D eigenvalue weighted by Crippen LogP contribution is 2.47. The van der Waals surface area contributed by atoms with E-state index in [1.807, 2.05) is 0 Å². The van der Waals surface area contributed by atoms with Crippen LogP contribution in [0.1, 0.15) is 25.7 Å². The Balaban J connectivity index is 0.000000750. The second kappa shape index (κ2) is 3.38. The molecule has 1 aliphatic carbocycles. The zero-order valence-electron chi connectivity index (χ0n) is 8.29. The van der Waals surface area contributed by atoms with E-state index < -0.39 is 0 Å². The van der Waals surface area contributed by atoms with Crippen LogP contribution in [0.2, 0.25) is 0 Å². The second-order valence-corrected chi connectivity index (χ2v) is 4.67. The molecule has 80 valence electrons. The number of amides is 1. The van der Waals surface area contributed by atoms with Crippen LogP contribution in [0, 0.1) is 5.92 Å². The lowest BCUT2D eigenvalue weighted by molar-refractivity contribution is -0.161. The maximum absolute atomic E-state index is 11.9. The first-order valence-electron chi connectivity index (χ1n) is 5.34. The summed E-state index contributed by atoms with van der Waals surface area (Å²) < 4.78 is 0. The lowest BCUT2D eigenvalue weighted by Gasteiger charge is -2.59. The van der Waals surface area contributed by atoms with E-state index in [4.69, 9.17) is 0 Å². The number of likely N-dealkylation sites (tertiary alicyclic amines) is 1. The monoisotopic (exact) mass is 216 g/mol. The third kappa shape index (κ3) is 1.18. The van der Waals surface area contributed by atoms with Crippen molar-refractivity contribution < 1.29 is 4.79 Å². The molecule has 3 aliphatic rings. The van der Waals surface area contributed by atoms with E-state index in [0.29, 0.717) is 17.4 Å². The Hall–Kier alpha value is -0.280. The Morgan fingerprint density at radius 2 is 2.00 bits per heavy atom. The average Bonchev–Trinajstić information content (AvgIpc) is 1.74. The average molecular weight is 217 g/mol. The summed E-state index contributed by atoms with van der Waals surface area (Å²) in [6.07, 6.45) is 5.11. The molecular weight excluding hydrogens is 200 g/mol. The Labute approximate surface area is 90.6 Å². The van der Waals surface area contributed by atoms with E-state index in [1.165, 1.54) is 25.7 Å². The molecule has 0 aromatic rings. The number of halogens is 1. The van der Waals surface area contributed by atoms with E-state index in [9.17, 15) is 4.79 Å². The number of hydrogen-bond donors (Lipinski definition) is 1. The van der Waals surface area contributed by atoms with Crippen LogP contribution in [0.25, 0.3) is 0 Å². The van der Waals surface area contributed by atoms with Crippen LogP contribution in [-0.2, 0) is 4.79 Å². The minimum absolute atomic E-state index is 0. The number of hydrogen-bond acceptors (Lipinski definition) is 2. The predicted octanol–water partition coefficient (Wildman–Crippen LogP) is 0.783. The molecule has 0 atom stereocenters. The van der Waals surface area contributed by atoms with Crippen molar-refractivity contribution in [3.63, 3.8) is 0 Å². The highest BCUT2D eigenvalue weighted by molar-refractivity contribution is 5.85. The lowest BCUT2D eigenvalue weighted by Crippen LogP contribution is -2.68. The summed E-state index contributed by atoms with van der Waals surface area (Å²) in [4.78, 5) is 14.1. The van der Waals surface area contributed by atoms with Crippen LogP contribution in [0.5, 0.6) is 0 Å². The third-order valence-corrected chi connectivity index (χ3v) is 4.05.